The van der Waals surface area contributed by atoms with Crippen molar-refractivity contribution >= 4 is 18.2 Å². The van der Waals surface area contributed by atoms with Crippen molar-refractivity contribution in [2.45, 2.75) is 78.9 Å². The molecule has 0 aliphatic carbocycles. The van der Waals surface area contributed by atoms with Gasteiger partial charge in [-0.2, -0.15) is 5.06 Å². The normalized spacial score (nSPS) is 13.1. The smallest absolute Gasteiger partial charge is 0.434 e. The van der Waals surface area contributed by atoms with Crippen LogP contribution in [-0.2, 0) is 37.1 Å². The van der Waals surface area contributed by atoms with E-state index in [2.05, 4.69) is 5.32 Å². The third-order valence-corrected chi connectivity index (χ3v) is 5.00. The van der Waals surface area contributed by atoms with Gasteiger partial charge in [-0.25, -0.2) is 14.4 Å². The third-order valence-electron chi connectivity index (χ3n) is 5.00. The molecule has 0 fully saturated rings. The molecule has 2 atom stereocenters. The number of hydrogen-bond acceptors (Lipinski definition) is 7. The van der Waals surface area contributed by atoms with Crippen LogP contribution in [0.2, 0.25) is 0 Å². The SMILES string of the molecule is C[C@H](CN(OCc1ccccc1)C(=O)OC(C)(C)C)[C@@H](NC(=O)OCc1ccccc1)C(=O)OC(C)(C)C. The number of amides is 2. The van der Waals surface area contributed by atoms with Crippen molar-refractivity contribution in [1.29, 1.82) is 0 Å². The molecular formula is C29H40N2O7. The van der Waals surface area contributed by atoms with E-state index in [9.17, 15) is 14.4 Å². The van der Waals surface area contributed by atoms with Crippen LogP contribution in [0.15, 0.2) is 60.7 Å². The average molecular weight is 529 g/mol. The van der Waals surface area contributed by atoms with E-state index in [0.29, 0.717) is 0 Å². The van der Waals surface area contributed by atoms with Crippen molar-refractivity contribution in [3.63, 3.8) is 0 Å². The summed E-state index contributed by atoms with van der Waals surface area (Å²) in [5.74, 6) is -1.29. The lowest BCUT2D eigenvalue weighted by Crippen LogP contribution is -2.51. The van der Waals surface area contributed by atoms with Crippen molar-refractivity contribution in [2.75, 3.05) is 6.54 Å². The summed E-state index contributed by atoms with van der Waals surface area (Å²) >= 11 is 0. The fourth-order valence-electron chi connectivity index (χ4n) is 3.28. The molecule has 0 aliphatic heterocycles. The first kappa shape index (κ1) is 30.6. The van der Waals surface area contributed by atoms with Crippen LogP contribution in [0, 0.1) is 5.92 Å². The molecule has 0 radical (unpaired) electrons. The van der Waals surface area contributed by atoms with Gasteiger partial charge >= 0.3 is 18.2 Å². The number of benzene rings is 2. The molecule has 2 aromatic carbocycles. The monoisotopic (exact) mass is 528 g/mol. The molecule has 2 rings (SSSR count). The number of alkyl carbamates (subject to hydrolysis) is 1. The summed E-state index contributed by atoms with van der Waals surface area (Å²) in [5.41, 5.74) is 0.0906. The maximum atomic E-state index is 13.1. The van der Waals surface area contributed by atoms with Crippen LogP contribution < -0.4 is 5.32 Å². The highest BCUT2D eigenvalue weighted by Gasteiger charge is 2.35. The minimum atomic E-state index is -1.12. The van der Waals surface area contributed by atoms with Gasteiger partial charge in [-0.15, -0.1) is 0 Å². The molecule has 0 unspecified atom stereocenters. The van der Waals surface area contributed by atoms with Crippen LogP contribution in [0.25, 0.3) is 0 Å². The van der Waals surface area contributed by atoms with E-state index in [0.717, 1.165) is 16.2 Å². The van der Waals surface area contributed by atoms with Crippen LogP contribution in [0.5, 0.6) is 0 Å². The molecule has 0 saturated carbocycles. The van der Waals surface area contributed by atoms with Crippen LogP contribution in [-0.4, -0.2) is 47.0 Å². The Balaban J connectivity index is 2.18. The largest absolute Gasteiger partial charge is 0.458 e. The Bertz CT molecular complexity index is 1030. The number of hydroxylamine groups is 2. The molecule has 208 valence electrons. The van der Waals surface area contributed by atoms with Gasteiger partial charge in [0.15, 0.2) is 0 Å². The predicted octanol–water partition coefficient (Wildman–Crippen LogP) is 5.63. The van der Waals surface area contributed by atoms with Crippen molar-refractivity contribution in [2.24, 2.45) is 5.92 Å². The van der Waals surface area contributed by atoms with E-state index in [1.54, 1.807) is 48.5 Å². The minimum absolute atomic E-state index is 0.0340. The van der Waals surface area contributed by atoms with Gasteiger partial charge in [0.25, 0.3) is 0 Å². The number of nitrogens with zero attached hydrogens (tertiary/aromatic N) is 1. The zero-order chi connectivity index (χ0) is 28.3. The van der Waals surface area contributed by atoms with E-state index >= 15 is 0 Å². The Morgan fingerprint density at radius 3 is 1.79 bits per heavy atom. The number of carbonyl (C=O) groups is 3. The topological polar surface area (TPSA) is 103 Å². The van der Waals surface area contributed by atoms with E-state index in [4.69, 9.17) is 19.0 Å². The van der Waals surface area contributed by atoms with Gasteiger partial charge in [0.05, 0.1) is 6.54 Å². The first-order chi connectivity index (χ1) is 17.7. The van der Waals surface area contributed by atoms with Gasteiger partial charge in [-0.1, -0.05) is 67.6 Å². The zero-order valence-corrected chi connectivity index (χ0v) is 23.4. The summed E-state index contributed by atoms with van der Waals surface area (Å²) in [5, 5.41) is 3.67. The lowest BCUT2D eigenvalue weighted by Gasteiger charge is -2.32. The Hall–Kier alpha value is -3.59. The van der Waals surface area contributed by atoms with Crippen LogP contribution in [0.4, 0.5) is 9.59 Å². The Morgan fingerprint density at radius 2 is 1.29 bits per heavy atom. The molecule has 2 aromatic rings. The van der Waals surface area contributed by atoms with E-state index in [1.807, 2.05) is 60.7 Å². The van der Waals surface area contributed by atoms with Crippen molar-refractivity contribution < 1.29 is 33.4 Å². The number of esters is 1. The number of carbonyl (C=O) groups excluding carboxylic acids is 3. The first-order valence-corrected chi connectivity index (χ1v) is 12.6. The molecule has 0 aliphatic rings. The Labute approximate surface area is 225 Å². The minimum Gasteiger partial charge on any atom is -0.458 e. The van der Waals surface area contributed by atoms with E-state index in [1.165, 1.54) is 0 Å². The lowest BCUT2D eigenvalue weighted by atomic mass is 10.0. The molecule has 0 saturated heterocycles. The third kappa shape index (κ3) is 11.6. The molecule has 38 heavy (non-hydrogen) atoms. The van der Waals surface area contributed by atoms with E-state index in [-0.39, 0.29) is 19.8 Å². The Kier molecular flexibility index (Phi) is 11.1. The summed E-state index contributed by atoms with van der Waals surface area (Å²) in [6.45, 7) is 12.2. The van der Waals surface area contributed by atoms with Crippen molar-refractivity contribution in [3.8, 4) is 0 Å². The molecular weight excluding hydrogens is 488 g/mol. The second kappa shape index (κ2) is 13.8. The van der Waals surface area contributed by atoms with Crippen LogP contribution in [0.3, 0.4) is 0 Å². The predicted molar refractivity (Wildman–Crippen MR) is 143 cm³/mol. The Morgan fingerprint density at radius 1 is 0.789 bits per heavy atom. The molecule has 2 amide bonds. The highest BCUT2D eigenvalue weighted by Crippen LogP contribution is 2.18. The highest BCUT2D eigenvalue weighted by atomic mass is 16.7. The summed E-state index contributed by atoms with van der Waals surface area (Å²) in [6, 6.07) is 17.4. The number of ether oxygens (including phenoxy) is 3. The maximum absolute atomic E-state index is 13.1. The molecule has 0 aromatic heterocycles. The number of hydrogen-bond donors (Lipinski definition) is 1. The molecule has 0 spiro atoms. The van der Waals surface area contributed by atoms with Crippen molar-refractivity contribution in [1.82, 2.24) is 10.4 Å². The van der Waals surface area contributed by atoms with Crippen LogP contribution in [0.1, 0.15) is 59.6 Å². The van der Waals surface area contributed by atoms with Crippen LogP contribution >= 0.6 is 0 Å². The summed E-state index contributed by atoms with van der Waals surface area (Å²) in [7, 11) is 0. The highest BCUT2D eigenvalue weighted by molar-refractivity contribution is 5.82. The fraction of sp³-hybridized carbons (Fsp3) is 0.483. The summed E-state index contributed by atoms with van der Waals surface area (Å²) < 4.78 is 16.4. The van der Waals surface area contributed by atoms with Crippen molar-refractivity contribution in [3.05, 3.63) is 71.8 Å². The van der Waals surface area contributed by atoms with Gasteiger partial charge in [-0.3, -0.25) is 4.84 Å². The summed E-state index contributed by atoms with van der Waals surface area (Å²) in [4.78, 5) is 44.5. The molecule has 0 heterocycles. The first-order valence-electron chi connectivity index (χ1n) is 12.6. The van der Waals surface area contributed by atoms with E-state index < -0.39 is 41.3 Å². The molecule has 9 nitrogen and oxygen atoms in total. The lowest BCUT2D eigenvalue weighted by molar-refractivity contribution is -0.170. The second-order valence-electron chi connectivity index (χ2n) is 11.0. The average Bonchev–Trinajstić information content (AvgIpc) is 2.82. The maximum Gasteiger partial charge on any atom is 0.434 e. The molecule has 0 bridgehead atoms. The second-order valence-corrected chi connectivity index (χ2v) is 11.0. The molecule has 9 heteroatoms. The fourth-order valence-corrected chi connectivity index (χ4v) is 3.28. The van der Waals surface area contributed by atoms with Gasteiger partial charge in [0.2, 0.25) is 0 Å². The van der Waals surface area contributed by atoms with Gasteiger partial charge < -0.3 is 19.5 Å². The standard InChI is InChI=1S/C29H40N2O7/c1-21(18-31(27(34)38-29(5,6)7)36-20-23-16-12-9-13-17-23)24(25(32)37-28(2,3)4)30-26(33)35-19-22-14-10-8-11-15-22/h8-17,21,24H,18-20H2,1-7H3,(H,30,33)/t21-,24-/m1/s1. The summed E-state index contributed by atoms with van der Waals surface area (Å²) in [6.07, 6.45) is -1.50. The van der Waals surface area contributed by atoms with Gasteiger partial charge in [0, 0.05) is 5.92 Å². The zero-order valence-electron chi connectivity index (χ0n) is 23.4. The molecule has 1 N–H and O–H groups in total. The van der Waals surface area contributed by atoms with Gasteiger partial charge in [0.1, 0.15) is 30.5 Å². The number of nitrogens with one attached hydrogen (secondary N) is 1. The quantitative estimate of drug-likeness (QED) is 0.242. The number of rotatable bonds is 10. The van der Waals surface area contributed by atoms with Gasteiger partial charge in [-0.05, 0) is 52.7 Å².